The molecule has 4 N–H and O–H groups in total. The molecule has 82 valence electrons. The number of hydrogen-bond acceptors (Lipinski definition) is 4. The van der Waals surface area contributed by atoms with Crippen molar-refractivity contribution in [3.05, 3.63) is 22.8 Å². The summed E-state index contributed by atoms with van der Waals surface area (Å²) in [5.74, 6) is 0.0526. The van der Waals surface area contributed by atoms with E-state index in [1.54, 1.807) is 11.8 Å². The van der Waals surface area contributed by atoms with Gasteiger partial charge >= 0.3 is 0 Å². The number of hydrogen-bond donors (Lipinski definition) is 3. The number of fused-ring (bicyclic) bond motifs is 1. The van der Waals surface area contributed by atoms with Crippen molar-refractivity contribution < 1.29 is 4.79 Å². The molecule has 2 atom stereocenters. The summed E-state index contributed by atoms with van der Waals surface area (Å²) in [5, 5.41) is 6.12. The molecule has 1 saturated heterocycles. The molecular weight excluding hydrogens is 210 g/mol. The van der Waals surface area contributed by atoms with Crippen molar-refractivity contribution in [2.45, 2.75) is 31.3 Å². The lowest BCUT2D eigenvalue weighted by Gasteiger charge is -2.16. The summed E-state index contributed by atoms with van der Waals surface area (Å²) in [6.45, 7) is 1.84. The highest BCUT2D eigenvalue weighted by molar-refractivity contribution is 8.03. The van der Waals surface area contributed by atoms with Gasteiger partial charge in [-0.1, -0.05) is 24.8 Å². The number of allylic oxidation sites excluding steroid dienone is 1. The molecule has 1 aliphatic heterocycles. The Labute approximate surface area is 93.4 Å². The fourth-order valence-corrected chi connectivity index (χ4v) is 2.70. The number of rotatable bonds is 2. The lowest BCUT2D eigenvalue weighted by Crippen LogP contribution is -2.35. The SMILES string of the molecule is CCC(=O)NC1=CC[C@@H]2N[C@@H](N)SC2=C1. The Morgan fingerprint density at radius 1 is 1.80 bits per heavy atom. The first-order valence-electron chi connectivity index (χ1n) is 5.09. The summed E-state index contributed by atoms with van der Waals surface area (Å²) < 4.78 is 0. The molecule has 0 spiro atoms. The first-order valence-corrected chi connectivity index (χ1v) is 5.97. The van der Waals surface area contributed by atoms with Crippen LogP contribution >= 0.6 is 11.8 Å². The maximum atomic E-state index is 11.2. The van der Waals surface area contributed by atoms with Crippen LogP contribution in [0, 0.1) is 0 Å². The zero-order valence-corrected chi connectivity index (χ0v) is 9.43. The second-order valence-corrected chi connectivity index (χ2v) is 4.82. The van der Waals surface area contributed by atoms with Gasteiger partial charge in [0.1, 0.15) is 5.50 Å². The first-order chi connectivity index (χ1) is 7.19. The molecule has 5 heteroatoms. The highest BCUT2D eigenvalue weighted by Gasteiger charge is 2.28. The molecule has 2 rings (SSSR count). The molecular formula is C10H15N3OS. The third kappa shape index (κ3) is 2.42. The van der Waals surface area contributed by atoms with E-state index in [1.807, 2.05) is 19.1 Å². The number of amides is 1. The number of thioether (sulfide) groups is 1. The van der Waals surface area contributed by atoms with Crippen molar-refractivity contribution in [2.24, 2.45) is 5.73 Å². The van der Waals surface area contributed by atoms with Crippen LogP contribution in [0.3, 0.4) is 0 Å². The normalized spacial score (nSPS) is 29.2. The molecule has 0 unspecified atom stereocenters. The second kappa shape index (κ2) is 4.38. The third-order valence-electron chi connectivity index (χ3n) is 2.45. The second-order valence-electron chi connectivity index (χ2n) is 3.60. The predicted molar refractivity (Wildman–Crippen MR) is 61.7 cm³/mol. The van der Waals surface area contributed by atoms with Crippen LogP contribution in [0.25, 0.3) is 0 Å². The van der Waals surface area contributed by atoms with Crippen LogP contribution in [0.5, 0.6) is 0 Å². The van der Waals surface area contributed by atoms with Crippen molar-refractivity contribution in [1.29, 1.82) is 0 Å². The molecule has 0 aromatic rings. The summed E-state index contributed by atoms with van der Waals surface area (Å²) >= 11 is 1.62. The zero-order chi connectivity index (χ0) is 10.8. The monoisotopic (exact) mass is 225 g/mol. The number of nitrogens with two attached hydrogens (primary N) is 1. The highest BCUT2D eigenvalue weighted by atomic mass is 32.2. The highest BCUT2D eigenvalue weighted by Crippen LogP contribution is 2.33. The Kier molecular flexibility index (Phi) is 3.14. The number of carbonyl (C=O) groups excluding carboxylic acids is 1. The average molecular weight is 225 g/mol. The standard InChI is InChI=1S/C10H15N3OS/c1-2-9(14)12-6-3-4-7-8(5-6)15-10(11)13-7/h3,5,7,10,13H,2,4,11H2,1H3,(H,12,14)/t7-,10+/m0/s1. The largest absolute Gasteiger partial charge is 0.326 e. The van der Waals surface area contributed by atoms with Gasteiger partial charge in [-0.25, -0.2) is 0 Å². The fourth-order valence-electron chi connectivity index (χ4n) is 1.66. The minimum Gasteiger partial charge on any atom is -0.326 e. The van der Waals surface area contributed by atoms with Gasteiger partial charge in [-0.15, -0.1) is 0 Å². The summed E-state index contributed by atoms with van der Waals surface area (Å²) in [7, 11) is 0. The van der Waals surface area contributed by atoms with Gasteiger partial charge in [0.25, 0.3) is 0 Å². The fraction of sp³-hybridized carbons (Fsp3) is 0.500. The smallest absolute Gasteiger partial charge is 0.224 e. The van der Waals surface area contributed by atoms with Gasteiger partial charge in [-0.05, 0) is 12.5 Å². The van der Waals surface area contributed by atoms with Crippen LogP contribution in [0.15, 0.2) is 22.8 Å². The molecule has 4 nitrogen and oxygen atoms in total. The molecule has 0 saturated carbocycles. The van der Waals surface area contributed by atoms with Crippen molar-refractivity contribution in [3.63, 3.8) is 0 Å². The van der Waals surface area contributed by atoms with Crippen LogP contribution in [0.1, 0.15) is 19.8 Å². The van der Waals surface area contributed by atoms with Gasteiger partial charge in [0.05, 0.1) is 0 Å². The predicted octanol–water partition coefficient (Wildman–Crippen LogP) is 0.631. The molecule has 1 aliphatic carbocycles. The quantitative estimate of drug-likeness (QED) is 0.645. The summed E-state index contributed by atoms with van der Waals surface area (Å²) in [6.07, 6.45) is 5.44. The molecule has 1 fully saturated rings. The van der Waals surface area contributed by atoms with Gasteiger partial charge in [0, 0.05) is 23.1 Å². The molecule has 15 heavy (non-hydrogen) atoms. The van der Waals surface area contributed by atoms with Crippen molar-refractivity contribution in [2.75, 3.05) is 0 Å². The third-order valence-corrected chi connectivity index (χ3v) is 3.51. The lowest BCUT2D eigenvalue weighted by molar-refractivity contribution is -0.120. The van der Waals surface area contributed by atoms with E-state index in [0.29, 0.717) is 12.5 Å². The van der Waals surface area contributed by atoms with E-state index in [0.717, 1.165) is 12.1 Å². The molecule has 2 aliphatic rings. The Morgan fingerprint density at radius 3 is 3.33 bits per heavy atom. The first kappa shape index (κ1) is 10.7. The molecule has 1 amide bonds. The average Bonchev–Trinajstić information content (AvgIpc) is 2.57. The topological polar surface area (TPSA) is 67.2 Å². The van der Waals surface area contributed by atoms with Crippen LogP contribution in [0.2, 0.25) is 0 Å². The Morgan fingerprint density at radius 2 is 2.60 bits per heavy atom. The molecule has 1 heterocycles. The zero-order valence-electron chi connectivity index (χ0n) is 8.62. The maximum absolute atomic E-state index is 11.2. The summed E-state index contributed by atoms with van der Waals surface area (Å²) in [6, 6.07) is 0.340. The van der Waals surface area contributed by atoms with E-state index < -0.39 is 0 Å². The van der Waals surface area contributed by atoms with Gasteiger partial charge in [-0.2, -0.15) is 0 Å². The van der Waals surface area contributed by atoms with Crippen molar-refractivity contribution in [1.82, 2.24) is 10.6 Å². The van der Waals surface area contributed by atoms with Crippen LogP contribution in [-0.4, -0.2) is 17.4 Å². The van der Waals surface area contributed by atoms with E-state index >= 15 is 0 Å². The van der Waals surface area contributed by atoms with E-state index in [1.165, 1.54) is 4.91 Å². The van der Waals surface area contributed by atoms with Crippen LogP contribution in [-0.2, 0) is 4.79 Å². The van der Waals surface area contributed by atoms with Crippen molar-refractivity contribution >= 4 is 17.7 Å². The Bertz CT molecular complexity index is 338. The van der Waals surface area contributed by atoms with Crippen LogP contribution < -0.4 is 16.4 Å². The van der Waals surface area contributed by atoms with Gasteiger partial charge in [0.15, 0.2) is 0 Å². The minimum atomic E-state index is -0.0177. The van der Waals surface area contributed by atoms with E-state index in [2.05, 4.69) is 10.6 Å². The molecule has 0 aromatic heterocycles. The minimum absolute atomic E-state index is 0.0177. The van der Waals surface area contributed by atoms with Gasteiger partial charge < -0.3 is 11.1 Å². The summed E-state index contributed by atoms with van der Waals surface area (Å²) in [4.78, 5) is 12.4. The Balaban J connectivity index is 2.02. The number of nitrogens with one attached hydrogen (secondary N) is 2. The Hall–Kier alpha value is -0.780. The van der Waals surface area contributed by atoms with Gasteiger partial charge in [-0.3, -0.25) is 10.1 Å². The lowest BCUT2D eigenvalue weighted by atomic mass is 10.1. The van der Waals surface area contributed by atoms with E-state index in [-0.39, 0.29) is 11.4 Å². The molecule has 0 aromatic carbocycles. The number of carbonyl (C=O) groups is 1. The maximum Gasteiger partial charge on any atom is 0.224 e. The van der Waals surface area contributed by atoms with E-state index in [9.17, 15) is 4.79 Å². The van der Waals surface area contributed by atoms with Gasteiger partial charge in [0.2, 0.25) is 5.91 Å². The summed E-state index contributed by atoms with van der Waals surface area (Å²) in [5.41, 5.74) is 6.65. The van der Waals surface area contributed by atoms with E-state index in [4.69, 9.17) is 5.73 Å². The van der Waals surface area contributed by atoms with Crippen molar-refractivity contribution in [3.8, 4) is 0 Å². The molecule has 0 radical (unpaired) electrons. The molecule has 0 bridgehead atoms. The van der Waals surface area contributed by atoms with Crippen LogP contribution in [0.4, 0.5) is 0 Å².